The second-order valence-electron chi connectivity index (χ2n) is 6.39. The molecule has 0 aliphatic carbocycles. The van der Waals surface area contributed by atoms with Crippen LogP contribution in [0.25, 0.3) is 22.0 Å². The van der Waals surface area contributed by atoms with Crippen molar-refractivity contribution < 1.29 is 0 Å². The lowest BCUT2D eigenvalue weighted by molar-refractivity contribution is 0.802. The van der Waals surface area contributed by atoms with E-state index in [0.29, 0.717) is 49.9 Å². The molecule has 1 unspecified atom stereocenters. The van der Waals surface area contributed by atoms with Crippen molar-refractivity contribution in [2.45, 2.75) is 13.3 Å². The summed E-state index contributed by atoms with van der Waals surface area (Å²) >= 11 is 38.4. The largest absolute Gasteiger partial charge is 0.239 e. The van der Waals surface area contributed by atoms with E-state index in [1.165, 1.54) is 0 Å². The molecule has 0 saturated heterocycles. The van der Waals surface area contributed by atoms with Crippen LogP contribution in [-0.4, -0.2) is 20.3 Å². The molecule has 0 radical (unpaired) electrons. The standard InChI is InChI=1S/C19H10Cl6N4/c1-7-5-6-9(20)11-8-3-2-4-10(21)26-17(23)12(8)15-13(14(11)27-16(7)22)18(24)29-19(25)28-15/h2-4,6-7H,5H2,1H3/b3-2+,4-2?,8-3?,9-6-,10-4+,17-12?,26-10?,26-17+,27-16+. The molecule has 0 spiro atoms. The molecule has 1 atom stereocenters. The number of allylic oxidation sites excluding steroid dienone is 3. The maximum atomic E-state index is 6.71. The third kappa shape index (κ3) is 3.83. The van der Waals surface area contributed by atoms with Gasteiger partial charge in [0.25, 0.3) is 0 Å². The number of rotatable bonds is 0. The molecule has 29 heavy (non-hydrogen) atoms. The van der Waals surface area contributed by atoms with Gasteiger partial charge in [-0.25, -0.2) is 20.0 Å². The van der Waals surface area contributed by atoms with Crippen molar-refractivity contribution >= 4 is 108 Å². The van der Waals surface area contributed by atoms with Crippen LogP contribution < -0.4 is 0 Å². The van der Waals surface area contributed by atoms with Gasteiger partial charge in [-0.2, -0.15) is 0 Å². The molecule has 2 aromatic rings. The molecule has 148 valence electrons. The predicted molar refractivity (Wildman–Crippen MR) is 125 cm³/mol. The van der Waals surface area contributed by atoms with Crippen LogP contribution in [0.2, 0.25) is 10.4 Å². The Morgan fingerprint density at radius 2 is 1.72 bits per heavy atom. The Morgan fingerprint density at radius 3 is 2.48 bits per heavy atom. The quantitative estimate of drug-likeness (QED) is 0.207. The van der Waals surface area contributed by atoms with Gasteiger partial charge < -0.3 is 0 Å². The highest BCUT2D eigenvalue weighted by Gasteiger charge is 2.28. The smallest absolute Gasteiger partial charge is 0.224 e. The highest BCUT2D eigenvalue weighted by molar-refractivity contribution is 6.71. The summed E-state index contributed by atoms with van der Waals surface area (Å²) in [6, 6.07) is 0. The number of aliphatic imine (C=N–C) groups is 2. The van der Waals surface area contributed by atoms with E-state index in [9.17, 15) is 0 Å². The van der Waals surface area contributed by atoms with Gasteiger partial charge in [0.15, 0.2) is 0 Å². The zero-order chi connectivity index (χ0) is 20.9. The molecular weight excluding hydrogens is 497 g/mol. The topological polar surface area (TPSA) is 50.5 Å². The molecule has 0 N–H and O–H groups in total. The average Bonchev–Trinajstić information content (AvgIpc) is 2.63. The van der Waals surface area contributed by atoms with Gasteiger partial charge in [0.05, 0.1) is 16.6 Å². The minimum atomic E-state index is -0.0438. The predicted octanol–water partition coefficient (Wildman–Crippen LogP) is 7.92. The molecule has 0 fully saturated rings. The van der Waals surface area contributed by atoms with E-state index in [0.717, 1.165) is 0 Å². The van der Waals surface area contributed by atoms with Crippen LogP contribution in [0.5, 0.6) is 0 Å². The Labute approximate surface area is 196 Å². The molecule has 4 nitrogen and oxygen atoms in total. The molecule has 2 aliphatic rings. The van der Waals surface area contributed by atoms with Gasteiger partial charge in [-0.05, 0) is 29.7 Å². The van der Waals surface area contributed by atoms with Crippen molar-refractivity contribution in [3.63, 3.8) is 0 Å². The van der Waals surface area contributed by atoms with Crippen molar-refractivity contribution in [2.24, 2.45) is 15.9 Å². The van der Waals surface area contributed by atoms with Crippen molar-refractivity contribution in [3.05, 3.63) is 50.5 Å². The first kappa shape index (κ1) is 21.1. The second-order valence-corrected chi connectivity index (χ2v) is 8.63. The Morgan fingerprint density at radius 1 is 0.966 bits per heavy atom. The summed E-state index contributed by atoms with van der Waals surface area (Å²) in [6.45, 7) is 1.96. The van der Waals surface area contributed by atoms with E-state index >= 15 is 0 Å². The number of fused-ring (bicyclic) bond motifs is 6. The lowest BCUT2D eigenvalue weighted by Gasteiger charge is -2.21. The van der Waals surface area contributed by atoms with Crippen molar-refractivity contribution in [1.29, 1.82) is 0 Å². The Kier molecular flexibility index (Phi) is 5.95. The number of halogens is 6. The van der Waals surface area contributed by atoms with Crippen LogP contribution in [0.15, 0.2) is 33.4 Å². The maximum absolute atomic E-state index is 6.71. The molecule has 1 aromatic carbocycles. The Balaban J connectivity index is 2.29. The third-order valence-electron chi connectivity index (χ3n) is 4.51. The van der Waals surface area contributed by atoms with E-state index in [-0.39, 0.29) is 26.7 Å². The molecule has 0 bridgehead atoms. The highest BCUT2D eigenvalue weighted by Crippen LogP contribution is 2.46. The monoisotopic (exact) mass is 504 g/mol. The number of aromatic nitrogens is 2. The van der Waals surface area contributed by atoms with Crippen molar-refractivity contribution in [2.75, 3.05) is 0 Å². The highest BCUT2D eigenvalue weighted by atomic mass is 35.5. The minimum absolute atomic E-state index is 0.0231. The SMILES string of the molecule is CC1C/C=C(\Cl)c2c3c(c4nc(Cl)nc(Cl)c4c2/N=C\1Cl)\C(Cl)=N/C(Cl)=C/C=C/3. The summed E-state index contributed by atoms with van der Waals surface area (Å²) in [7, 11) is 0. The fourth-order valence-corrected chi connectivity index (χ4v) is 4.55. The molecule has 10 heteroatoms. The van der Waals surface area contributed by atoms with E-state index < -0.39 is 0 Å². The van der Waals surface area contributed by atoms with Gasteiger partial charge in [-0.15, -0.1) is 0 Å². The summed E-state index contributed by atoms with van der Waals surface area (Å²) in [6.07, 6.45) is 7.67. The van der Waals surface area contributed by atoms with Gasteiger partial charge in [-0.3, -0.25) is 0 Å². The number of hydrogen-bond acceptors (Lipinski definition) is 4. The first-order valence-corrected chi connectivity index (χ1v) is 10.7. The molecule has 4 rings (SSSR count). The van der Waals surface area contributed by atoms with Crippen LogP contribution in [0.1, 0.15) is 30.0 Å². The van der Waals surface area contributed by atoms with Crippen molar-refractivity contribution in [3.8, 4) is 0 Å². The minimum Gasteiger partial charge on any atom is -0.239 e. The molecule has 0 amide bonds. The maximum Gasteiger partial charge on any atom is 0.224 e. The lowest BCUT2D eigenvalue weighted by Crippen LogP contribution is -2.09. The summed E-state index contributed by atoms with van der Waals surface area (Å²) in [4.78, 5) is 17.3. The Hall–Kier alpha value is -1.14. The van der Waals surface area contributed by atoms with Gasteiger partial charge in [0.1, 0.15) is 20.7 Å². The molecule has 1 aromatic heterocycles. The number of hydrogen-bond donors (Lipinski definition) is 0. The van der Waals surface area contributed by atoms with Gasteiger partial charge >= 0.3 is 0 Å². The molecule has 2 aliphatic heterocycles. The van der Waals surface area contributed by atoms with E-state index in [1.54, 1.807) is 12.2 Å². The van der Waals surface area contributed by atoms with E-state index in [1.807, 2.05) is 19.1 Å². The molecule has 0 saturated carbocycles. The summed E-state index contributed by atoms with van der Waals surface area (Å²) in [5, 5.41) is 1.69. The fourth-order valence-electron chi connectivity index (χ4n) is 3.14. The van der Waals surface area contributed by atoms with Crippen LogP contribution >= 0.6 is 69.6 Å². The van der Waals surface area contributed by atoms with Crippen molar-refractivity contribution in [1.82, 2.24) is 9.97 Å². The normalized spacial score (nSPS) is 27.3. The zero-order valence-electron chi connectivity index (χ0n) is 14.7. The van der Waals surface area contributed by atoms with Gasteiger partial charge in [-0.1, -0.05) is 83.2 Å². The third-order valence-corrected chi connectivity index (χ3v) is 6.24. The second kappa shape index (κ2) is 8.18. The van der Waals surface area contributed by atoms with E-state index in [2.05, 4.69) is 20.0 Å². The summed E-state index contributed by atoms with van der Waals surface area (Å²) < 4.78 is 0. The van der Waals surface area contributed by atoms with E-state index in [4.69, 9.17) is 69.6 Å². The van der Waals surface area contributed by atoms with Crippen LogP contribution in [0.4, 0.5) is 5.69 Å². The van der Waals surface area contributed by atoms with Crippen LogP contribution in [0.3, 0.4) is 0 Å². The number of benzene rings is 1. The molecule has 3 heterocycles. The average molecular weight is 507 g/mol. The fraction of sp³-hybridized carbons (Fsp3) is 0.158. The Bertz CT molecular complexity index is 1210. The number of nitrogens with zero attached hydrogens (tertiary/aromatic N) is 4. The van der Waals surface area contributed by atoms with Gasteiger partial charge in [0.2, 0.25) is 5.28 Å². The zero-order valence-corrected chi connectivity index (χ0v) is 19.2. The van der Waals surface area contributed by atoms with Crippen LogP contribution in [0, 0.1) is 5.92 Å². The summed E-state index contributed by atoms with van der Waals surface area (Å²) in [5.41, 5.74) is 2.54. The first-order valence-electron chi connectivity index (χ1n) is 8.39. The first-order chi connectivity index (χ1) is 13.8. The summed E-state index contributed by atoms with van der Waals surface area (Å²) in [5.74, 6) is -0.0231. The van der Waals surface area contributed by atoms with Crippen LogP contribution in [-0.2, 0) is 0 Å². The molecular formula is C19H10Cl6N4. The van der Waals surface area contributed by atoms with Gasteiger partial charge in [0, 0.05) is 22.1 Å². The lowest BCUT2D eigenvalue weighted by atomic mass is 9.92.